The first-order chi connectivity index (χ1) is 12.5. The summed E-state index contributed by atoms with van der Waals surface area (Å²) in [5, 5.41) is 0.630. The fourth-order valence-corrected chi connectivity index (χ4v) is 5.42. The molecule has 0 radical (unpaired) electrons. The summed E-state index contributed by atoms with van der Waals surface area (Å²) in [6.07, 6.45) is 3.07. The van der Waals surface area contributed by atoms with E-state index in [2.05, 4.69) is 4.98 Å². The minimum absolute atomic E-state index is 0.137. The number of hydrogen-bond acceptors (Lipinski definition) is 4. The summed E-state index contributed by atoms with van der Waals surface area (Å²) < 4.78 is 34.8. The molecule has 1 aliphatic rings. The molecule has 1 aromatic carbocycles. The largest absolute Gasteiger partial charge is 0.440 e. The van der Waals surface area contributed by atoms with Crippen molar-refractivity contribution in [2.75, 3.05) is 26.2 Å². The van der Waals surface area contributed by atoms with Crippen LogP contribution in [0.3, 0.4) is 0 Å². The van der Waals surface area contributed by atoms with Gasteiger partial charge >= 0.3 is 0 Å². The average Bonchev–Trinajstić information content (AvgIpc) is 3.04. The van der Waals surface area contributed by atoms with Crippen LogP contribution in [0.4, 0.5) is 0 Å². The van der Waals surface area contributed by atoms with Crippen LogP contribution in [-0.2, 0) is 10.2 Å². The van der Waals surface area contributed by atoms with Gasteiger partial charge in [0.05, 0.1) is 0 Å². The Balaban J connectivity index is 1.69. The zero-order valence-corrected chi connectivity index (χ0v) is 16.9. The predicted octanol–water partition coefficient (Wildman–Crippen LogP) is 4.03. The van der Waals surface area contributed by atoms with E-state index >= 15 is 0 Å². The Kier molecular flexibility index (Phi) is 6.22. The first-order valence-corrected chi connectivity index (χ1v) is 11.0. The summed E-state index contributed by atoms with van der Waals surface area (Å²) >= 11 is 6.00. The maximum absolute atomic E-state index is 12.9. The number of aromatic nitrogens is 1. The van der Waals surface area contributed by atoms with Gasteiger partial charge in [-0.25, -0.2) is 4.98 Å². The zero-order chi connectivity index (χ0) is 18.7. The standard InChI is InChI=1S/C18H26ClN3O3S/c1-3-9-21(10-4-2)26(23,24)22-11-7-14(8-12-22)18-20-16-13-15(19)5-6-17(16)25-18/h5-6,13-14H,3-4,7-12H2,1-2H3. The monoisotopic (exact) mass is 399 g/mol. The molecule has 26 heavy (non-hydrogen) atoms. The van der Waals surface area contributed by atoms with Crippen LogP contribution in [-0.4, -0.2) is 48.2 Å². The van der Waals surface area contributed by atoms with Crippen LogP contribution in [0, 0.1) is 0 Å². The lowest BCUT2D eigenvalue weighted by Gasteiger charge is -2.34. The van der Waals surface area contributed by atoms with E-state index in [1.807, 2.05) is 19.9 Å². The molecule has 2 aromatic rings. The normalized spacial score (nSPS) is 17.4. The van der Waals surface area contributed by atoms with E-state index in [4.69, 9.17) is 16.0 Å². The van der Waals surface area contributed by atoms with Crippen LogP contribution < -0.4 is 0 Å². The zero-order valence-electron chi connectivity index (χ0n) is 15.3. The smallest absolute Gasteiger partial charge is 0.281 e. The minimum Gasteiger partial charge on any atom is -0.440 e. The lowest BCUT2D eigenvalue weighted by molar-refractivity contribution is 0.269. The number of benzene rings is 1. The molecule has 0 atom stereocenters. The van der Waals surface area contributed by atoms with Gasteiger partial charge in [-0.1, -0.05) is 25.4 Å². The van der Waals surface area contributed by atoms with Crippen LogP contribution in [0.5, 0.6) is 0 Å². The molecule has 1 aliphatic heterocycles. The minimum atomic E-state index is -3.39. The molecule has 1 fully saturated rings. The van der Waals surface area contributed by atoms with Gasteiger partial charge in [0.2, 0.25) is 0 Å². The number of oxazole rings is 1. The van der Waals surface area contributed by atoms with Crippen molar-refractivity contribution in [2.45, 2.75) is 45.4 Å². The SMILES string of the molecule is CCCN(CCC)S(=O)(=O)N1CCC(c2nc3cc(Cl)ccc3o2)CC1. The molecular formula is C18H26ClN3O3S. The number of hydrogen-bond donors (Lipinski definition) is 0. The van der Waals surface area contributed by atoms with Gasteiger partial charge in [-0.05, 0) is 43.9 Å². The van der Waals surface area contributed by atoms with Crippen LogP contribution in [0.1, 0.15) is 51.3 Å². The Morgan fingerprint density at radius 1 is 1.23 bits per heavy atom. The quantitative estimate of drug-likeness (QED) is 0.705. The highest BCUT2D eigenvalue weighted by Crippen LogP contribution is 2.32. The Morgan fingerprint density at radius 2 is 1.88 bits per heavy atom. The van der Waals surface area contributed by atoms with Crippen molar-refractivity contribution in [3.05, 3.63) is 29.1 Å². The van der Waals surface area contributed by atoms with Crippen molar-refractivity contribution in [1.82, 2.24) is 13.6 Å². The van der Waals surface area contributed by atoms with Crippen molar-refractivity contribution in [2.24, 2.45) is 0 Å². The van der Waals surface area contributed by atoms with Crippen LogP contribution >= 0.6 is 11.6 Å². The molecule has 0 aliphatic carbocycles. The fourth-order valence-electron chi connectivity index (χ4n) is 3.43. The second-order valence-corrected chi connectivity index (χ2v) is 9.11. The maximum atomic E-state index is 12.9. The summed E-state index contributed by atoms with van der Waals surface area (Å²) in [5.74, 6) is 0.816. The first kappa shape index (κ1) is 19.6. The van der Waals surface area contributed by atoms with Crippen LogP contribution in [0.15, 0.2) is 22.6 Å². The number of fused-ring (bicyclic) bond motifs is 1. The predicted molar refractivity (Wildman–Crippen MR) is 104 cm³/mol. The van der Waals surface area contributed by atoms with Gasteiger partial charge in [0.1, 0.15) is 5.52 Å². The van der Waals surface area contributed by atoms with E-state index in [1.165, 1.54) is 0 Å². The third-order valence-corrected chi connectivity index (χ3v) is 7.04. The van der Waals surface area contributed by atoms with E-state index < -0.39 is 10.2 Å². The third-order valence-electron chi connectivity index (χ3n) is 4.77. The highest BCUT2D eigenvalue weighted by Gasteiger charge is 2.34. The molecular weight excluding hydrogens is 374 g/mol. The Hall–Kier alpha value is -1.15. The highest BCUT2D eigenvalue weighted by atomic mass is 35.5. The van der Waals surface area contributed by atoms with E-state index in [0.717, 1.165) is 23.9 Å². The summed E-state index contributed by atoms with van der Waals surface area (Å²) in [5.41, 5.74) is 1.47. The molecule has 0 N–H and O–H groups in total. The summed E-state index contributed by atoms with van der Waals surface area (Å²) in [7, 11) is -3.39. The van der Waals surface area contributed by atoms with E-state index in [-0.39, 0.29) is 5.92 Å². The molecule has 1 saturated heterocycles. The highest BCUT2D eigenvalue weighted by molar-refractivity contribution is 7.86. The molecule has 0 unspecified atom stereocenters. The van der Waals surface area contributed by atoms with Crippen molar-refractivity contribution in [3.63, 3.8) is 0 Å². The summed E-state index contributed by atoms with van der Waals surface area (Å²) in [6.45, 7) is 6.14. The van der Waals surface area contributed by atoms with Crippen molar-refractivity contribution < 1.29 is 12.8 Å². The molecule has 0 saturated carbocycles. The number of piperidine rings is 1. The van der Waals surface area contributed by atoms with Gasteiger partial charge in [-0.15, -0.1) is 0 Å². The van der Waals surface area contributed by atoms with E-state index in [9.17, 15) is 8.42 Å². The second kappa shape index (κ2) is 8.25. The molecule has 144 valence electrons. The van der Waals surface area contributed by atoms with Crippen molar-refractivity contribution in [3.8, 4) is 0 Å². The van der Waals surface area contributed by atoms with Crippen LogP contribution in [0.2, 0.25) is 5.02 Å². The molecule has 3 rings (SSSR count). The molecule has 0 spiro atoms. The molecule has 2 heterocycles. The lowest BCUT2D eigenvalue weighted by Crippen LogP contribution is -2.47. The lowest BCUT2D eigenvalue weighted by atomic mass is 9.98. The maximum Gasteiger partial charge on any atom is 0.281 e. The fraction of sp³-hybridized carbons (Fsp3) is 0.611. The Labute approximate surface area is 160 Å². The van der Waals surface area contributed by atoms with E-state index in [1.54, 1.807) is 20.7 Å². The van der Waals surface area contributed by atoms with Gasteiger partial charge in [0.15, 0.2) is 11.5 Å². The number of halogens is 1. The summed E-state index contributed by atoms with van der Waals surface area (Å²) in [4.78, 5) is 4.55. The average molecular weight is 400 g/mol. The number of rotatable bonds is 7. The molecule has 6 nitrogen and oxygen atoms in total. The molecule has 8 heteroatoms. The van der Waals surface area contributed by atoms with Gasteiger partial charge in [0.25, 0.3) is 10.2 Å². The number of nitrogens with zero attached hydrogens (tertiary/aromatic N) is 3. The van der Waals surface area contributed by atoms with Crippen molar-refractivity contribution >= 4 is 32.9 Å². The Morgan fingerprint density at radius 3 is 2.50 bits per heavy atom. The first-order valence-electron chi connectivity index (χ1n) is 9.27. The second-order valence-electron chi connectivity index (χ2n) is 6.74. The molecule has 1 aromatic heterocycles. The van der Waals surface area contributed by atoms with Gasteiger partial charge in [-0.3, -0.25) is 0 Å². The van der Waals surface area contributed by atoms with E-state index in [0.29, 0.717) is 49.9 Å². The molecule has 0 bridgehead atoms. The Bertz CT molecular complexity index is 838. The third kappa shape index (κ3) is 4.06. The molecule has 0 amide bonds. The van der Waals surface area contributed by atoms with Gasteiger partial charge in [0, 0.05) is 37.1 Å². The summed E-state index contributed by atoms with van der Waals surface area (Å²) in [6, 6.07) is 5.39. The van der Waals surface area contributed by atoms with Gasteiger partial charge < -0.3 is 4.42 Å². The van der Waals surface area contributed by atoms with Gasteiger partial charge in [-0.2, -0.15) is 17.0 Å². The van der Waals surface area contributed by atoms with Crippen LogP contribution in [0.25, 0.3) is 11.1 Å². The van der Waals surface area contributed by atoms with Crippen molar-refractivity contribution in [1.29, 1.82) is 0 Å². The topological polar surface area (TPSA) is 66.7 Å².